The summed E-state index contributed by atoms with van der Waals surface area (Å²) in [6.45, 7) is 11.4. The summed E-state index contributed by atoms with van der Waals surface area (Å²) in [5.41, 5.74) is 2.32. The number of aromatic nitrogens is 5. The molecule has 0 aliphatic rings. The summed E-state index contributed by atoms with van der Waals surface area (Å²) in [5.74, 6) is 1.63. The first-order valence-electron chi connectivity index (χ1n) is 11.4. The molecule has 0 amide bonds. The minimum Gasteiger partial charge on any atom is -0.468 e. The van der Waals surface area contributed by atoms with E-state index in [1.54, 1.807) is 6.26 Å². The summed E-state index contributed by atoms with van der Waals surface area (Å²) in [4.78, 5) is 18.3. The summed E-state index contributed by atoms with van der Waals surface area (Å²) in [6.07, 6.45) is 3.47. The van der Waals surface area contributed by atoms with Crippen LogP contribution in [-0.2, 0) is 18.6 Å². The number of fused-ring (bicyclic) bond motifs is 1. The zero-order valence-corrected chi connectivity index (χ0v) is 20.0. The molecule has 4 aromatic rings. The van der Waals surface area contributed by atoms with E-state index < -0.39 is 0 Å². The van der Waals surface area contributed by atoms with Gasteiger partial charge in [0.05, 0.1) is 24.4 Å². The number of H-pyrrole nitrogens is 1. The van der Waals surface area contributed by atoms with Crippen LogP contribution in [0.25, 0.3) is 10.9 Å². The van der Waals surface area contributed by atoms with Crippen molar-refractivity contribution in [3.63, 3.8) is 0 Å². The van der Waals surface area contributed by atoms with Crippen LogP contribution in [0.1, 0.15) is 69.3 Å². The molecule has 1 N–H and O–H groups in total. The van der Waals surface area contributed by atoms with Crippen LogP contribution in [0, 0.1) is 6.92 Å². The van der Waals surface area contributed by atoms with Crippen molar-refractivity contribution in [3.8, 4) is 0 Å². The lowest BCUT2D eigenvalue weighted by atomic mass is 10.0. The molecule has 0 fully saturated rings. The van der Waals surface area contributed by atoms with Gasteiger partial charge in [0.15, 0.2) is 5.82 Å². The Kier molecular flexibility index (Phi) is 6.47. The van der Waals surface area contributed by atoms with Crippen LogP contribution < -0.4 is 5.56 Å². The maximum atomic E-state index is 13.0. The van der Waals surface area contributed by atoms with Crippen molar-refractivity contribution in [2.45, 2.75) is 72.1 Å². The molecule has 1 atom stereocenters. The Morgan fingerprint density at radius 1 is 1.18 bits per heavy atom. The average Bonchev–Trinajstić information content (AvgIpc) is 3.44. The van der Waals surface area contributed by atoms with Crippen molar-refractivity contribution in [3.05, 3.63) is 75.7 Å². The molecule has 0 aliphatic heterocycles. The number of furan rings is 1. The number of aryl methyl sites for hydroxylation is 1. The predicted molar refractivity (Wildman–Crippen MR) is 128 cm³/mol. The lowest BCUT2D eigenvalue weighted by molar-refractivity contribution is 0.138. The van der Waals surface area contributed by atoms with Crippen molar-refractivity contribution in [1.82, 2.24) is 30.1 Å². The lowest BCUT2D eigenvalue weighted by Gasteiger charge is -2.32. The van der Waals surface area contributed by atoms with Gasteiger partial charge >= 0.3 is 0 Å². The molecular weight excluding hydrogens is 416 g/mol. The highest BCUT2D eigenvalue weighted by molar-refractivity contribution is 5.79. The molecule has 0 radical (unpaired) electrons. The van der Waals surface area contributed by atoms with Gasteiger partial charge in [-0.25, -0.2) is 4.68 Å². The summed E-state index contributed by atoms with van der Waals surface area (Å²) >= 11 is 0. The van der Waals surface area contributed by atoms with E-state index in [0.29, 0.717) is 18.7 Å². The number of aromatic amines is 1. The topological polar surface area (TPSA) is 92.8 Å². The second-order valence-electron chi connectivity index (χ2n) is 9.62. The van der Waals surface area contributed by atoms with Gasteiger partial charge in [0.2, 0.25) is 0 Å². The molecule has 0 unspecified atom stereocenters. The van der Waals surface area contributed by atoms with Gasteiger partial charge in [-0.15, -0.1) is 5.10 Å². The molecule has 0 bridgehead atoms. The standard InChI is InChI=1S/C25H32N6O2/c1-6-8-22(23-27-28-29-31(23)25(3,4)5)30(16-20-9-7-12-33-20)15-19-14-18-11-10-17(2)13-21(18)26-24(19)32/h7,9-14,22H,6,8,15-16H2,1-5H3,(H,26,32)/t22-/m1/s1. The molecular formula is C25H32N6O2. The number of nitrogens with zero attached hydrogens (tertiary/aromatic N) is 5. The largest absolute Gasteiger partial charge is 0.468 e. The predicted octanol–water partition coefficient (Wildman–Crippen LogP) is 4.71. The second kappa shape index (κ2) is 9.31. The molecule has 3 aromatic heterocycles. The molecule has 0 saturated carbocycles. The number of hydrogen-bond acceptors (Lipinski definition) is 6. The van der Waals surface area contributed by atoms with Crippen LogP contribution in [0.3, 0.4) is 0 Å². The summed E-state index contributed by atoms with van der Waals surface area (Å²) < 4.78 is 7.56. The maximum Gasteiger partial charge on any atom is 0.252 e. The van der Waals surface area contributed by atoms with Crippen LogP contribution in [0.15, 0.2) is 51.9 Å². The smallest absolute Gasteiger partial charge is 0.252 e. The molecule has 0 saturated heterocycles. The fourth-order valence-electron chi connectivity index (χ4n) is 4.20. The number of rotatable bonds is 8. The average molecular weight is 449 g/mol. The van der Waals surface area contributed by atoms with Gasteiger partial charge in [0.1, 0.15) is 5.76 Å². The number of nitrogens with one attached hydrogen (secondary N) is 1. The van der Waals surface area contributed by atoms with Crippen LogP contribution in [0.2, 0.25) is 0 Å². The summed E-state index contributed by atoms with van der Waals surface area (Å²) in [7, 11) is 0. The first-order chi connectivity index (χ1) is 15.8. The summed E-state index contributed by atoms with van der Waals surface area (Å²) in [6, 6.07) is 11.8. The zero-order valence-electron chi connectivity index (χ0n) is 20.0. The Morgan fingerprint density at radius 2 is 2.00 bits per heavy atom. The number of tetrazole rings is 1. The van der Waals surface area contributed by atoms with E-state index in [4.69, 9.17) is 4.42 Å². The van der Waals surface area contributed by atoms with Crippen molar-refractivity contribution in [2.75, 3.05) is 0 Å². The third-order valence-corrected chi connectivity index (χ3v) is 5.82. The van der Waals surface area contributed by atoms with Gasteiger partial charge in [0.25, 0.3) is 5.56 Å². The third-order valence-electron chi connectivity index (χ3n) is 5.82. The van der Waals surface area contributed by atoms with Gasteiger partial charge in [0, 0.05) is 17.6 Å². The van der Waals surface area contributed by atoms with Crippen molar-refractivity contribution in [2.24, 2.45) is 0 Å². The fraction of sp³-hybridized carbons (Fsp3) is 0.440. The van der Waals surface area contributed by atoms with Crippen molar-refractivity contribution in [1.29, 1.82) is 0 Å². The number of hydrogen-bond donors (Lipinski definition) is 1. The molecule has 8 heteroatoms. The quantitative estimate of drug-likeness (QED) is 0.419. The first kappa shape index (κ1) is 22.9. The van der Waals surface area contributed by atoms with E-state index in [-0.39, 0.29) is 17.1 Å². The Morgan fingerprint density at radius 3 is 2.70 bits per heavy atom. The highest BCUT2D eigenvalue weighted by Gasteiger charge is 2.30. The maximum absolute atomic E-state index is 13.0. The van der Waals surface area contributed by atoms with Crippen LogP contribution >= 0.6 is 0 Å². The van der Waals surface area contributed by atoms with E-state index >= 15 is 0 Å². The Labute approximate surface area is 193 Å². The highest BCUT2D eigenvalue weighted by Crippen LogP contribution is 2.30. The van der Waals surface area contributed by atoms with E-state index in [0.717, 1.165) is 40.9 Å². The van der Waals surface area contributed by atoms with Gasteiger partial charge in [-0.1, -0.05) is 25.5 Å². The Balaban J connectivity index is 1.77. The normalized spacial score (nSPS) is 13.2. The van der Waals surface area contributed by atoms with E-state index in [1.807, 2.05) is 41.9 Å². The highest BCUT2D eigenvalue weighted by atomic mass is 16.3. The van der Waals surface area contributed by atoms with Gasteiger partial charge in [-0.3, -0.25) is 9.69 Å². The van der Waals surface area contributed by atoms with Crippen molar-refractivity contribution < 1.29 is 4.42 Å². The molecule has 174 valence electrons. The van der Waals surface area contributed by atoms with Gasteiger partial charge < -0.3 is 9.40 Å². The first-order valence-corrected chi connectivity index (χ1v) is 11.4. The second-order valence-corrected chi connectivity index (χ2v) is 9.62. The van der Waals surface area contributed by atoms with Crippen LogP contribution in [0.5, 0.6) is 0 Å². The van der Waals surface area contributed by atoms with E-state index in [1.165, 1.54) is 0 Å². The number of benzene rings is 1. The molecule has 33 heavy (non-hydrogen) atoms. The van der Waals surface area contributed by atoms with Gasteiger partial charge in [-0.2, -0.15) is 0 Å². The Hall–Kier alpha value is -3.26. The zero-order chi connectivity index (χ0) is 23.6. The molecule has 0 aliphatic carbocycles. The van der Waals surface area contributed by atoms with Crippen LogP contribution in [-0.4, -0.2) is 30.1 Å². The molecule has 4 rings (SSSR count). The van der Waals surface area contributed by atoms with Gasteiger partial charge in [-0.05, 0) is 79.8 Å². The fourth-order valence-corrected chi connectivity index (χ4v) is 4.20. The number of pyridine rings is 1. The molecule has 0 spiro atoms. The minimum absolute atomic E-state index is 0.0804. The van der Waals surface area contributed by atoms with E-state index in [2.05, 4.69) is 59.2 Å². The lowest BCUT2D eigenvalue weighted by Crippen LogP contribution is -2.35. The van der Waals surface area contributed by atoms with E-state index in [9.17, 15) is 4.79 Å². The molecule has 8 nitrogen and oxygen atoms in total. The molecule has 1 aromatic carbocycles. The third kappa shape index (κ3) is 5.06. The van der Waals surface area contributed by atoms with Crippen molar-refractivity contribution >= 4 is 10.9 Å². The Bertz CT molecular complexity index is 1270. The van der Waals surface area contributed by atoms with Crippen LogP contribution in [0.4, 0.5) is 0 Å². The molecule has 3 heterocycles. The monoisotopic (exact) mass is 448 g/mol. The SMILES string of the molecule is CCC[C@H](c1nnnn1C(C)(C)C)N(Cc1ccco1)Cc1cc2ccc(C)cc2[nH]c1=O. The summed E-state index contributed by atoms with van der Waals surface area (Å²) in [5, 5.41) is 13.7. The minimum atomic E-state index is -0.264.